The van der Waals surface area contributed by atoms with Crippen LogP contribution in [0.3, 0.4) is 0 Å². The molecule has 0 bridgehead atoms. The lowest BCUT2D eigenvalue weighted by Crippen LogP contribution is -2.45. The summed E-state index contributed by atoms with van der Waals surface area (Å²) in [6.07, 6.45) is 1.88. The number of anilines is 1. The van der Waals surface area contributed by atoms with Crippen molar-refractivity contribution < 1.29 is 9.90 Å². The number of fused-ring (bicyclic) bond motifs is 1. The van der Waals surface area contributed by atoms with E-state index in [0.29, 0.717) is 24.5 Å². The zero-order valence-electron chi connectivity index (χ0n) is 12.0. The first-order valence-electron chi connectivity index (χ1n) is 7.18. The van der Waals surface area contributed by atoms with Gasteiger partial charge in [0.15, 0.2) is 0 Å². The number of hydrogen-bond donors (Lipinski definition) is 2. The van der Waals surface area contributed by atoms with Gasteiger partial charge in [-0.25, -0.2) is 4.98 Å². The van der Waals surface area contributed by atoms with Crippen LogP contribution in [0.2, 0.25) is 0 Å². The molecule has 21 heavy (non-hydrogen) atoms. The highest BCUT2D eigenvalue weighted by Gasteiger charge is 2.28. The zero-order chi connectivity index (χ0) is 15.0. The summed E-state index contributed by atoms with van der Waals surface area (Å²) in [6.45, 7) is 3.04. The molecule has 1 aliphatic heterocycles. The third-order valence-electron chi connectivity index (χ3n) is 4.26. The van der Waals surface area contributed by atoms with Gasteiger partial charge in [-0.1, -0.05) is 31.2 Å². The molecule has 0 radical (unpaired) electrons. The molecule has 110 valence electrons. The second kappa shape index (κ2) is 5.33. The lowest BCUT2D eigenvalue weighted by molar-refractivity contribution is 0.0249. The number of nitrogens with two attached hydrogens (primary N) is 1. The normalized spacial score (nSPS) is 22.5. The largest absolute Gasteiger partial charge is 0.391 e. The number of carbonyl (C=O) groups is 1. The third kappa shape index (κ3) is 2.45. The van der Waals surface area contributed by atoms with Crippen molar-refractivity contribution in [2.45, 2.75) is 19.4 Å². The Morgan fingerprint density at radius 3 is 2.81 bits per heavy atom. The van der Waals surface area contributed by atoms with Crippen LogP contribution in [0.5, 0.6) is 0 Å². The molecule has 0 spiro atoms. The molecular weight excluding hydrogens is 266 g/mol. The molecule has 5 nitrogen and oxygen atoms in total. The van der Waals surface area contributed by atoms with Crippen LogP contribution in [0.1, 0.15) is 23.7 Å². The summed E-state index contributed by atoms with van der Waals surface area (Å²) in [6, 6.07) is 7.50. The quantitative estimate of drug-likeness (QED) is 0.835. The van der Waals surface area contributed by atoms with E-state index in [0.717, 1.165) is 17.2 Å². The van der Waals surface area contributed by atoms with Crippen molar-refractivity contribution in [3.63, 3.8) is 0 Å². The van der Waals surface area contributed by atoms with Crippen molar-refractivity contribution in [2.24, 2.45) is 5.92 Å². The van der Waals surface area contributed by atoms with Crippen LogP contribution in [0, 0.1) is 5.92 Å². The fourth-order valence-corrected chi connectivity index (χ4v) is 2.79. The van der Waals surface area contributed by atoms with Crippen LogP contribution in [-0.2, 0) is 0 Å². The van der Waals surface area contributed by atoms with E-state index in [1.54, 1.807) is 4.90 Å². The molecule has 1 aromatic carbocycles. The zero-order valence-corrected chi connectivity index (χ0v) is 12.0. The molecule has 1 saturated heterocycles. The van der Waals surface area contributed by atoms with Gasteiger partial charge in [0, 0.05) is 24.7 Å². The molecule has 3 rings (SSSR count). The van der Waals surface area contributed by atoms with E-state index in [1.807, 2.05) is 31.2 Å². The van der Waals surface area contributed by atoms with Crippen molar-refractivity contribution in [3.8, 4) is 0 Å². The number of piperidine rings is 1. The van der Waals surface area contributed by atoms with Crippen LogP contribution in [0.15, 0.2) is 30.5 Å². The van der Waals surface area contributed by atoms with E-state index in [1.165, 1.54) is 6.20 Å². The maximum Gasteiger partial charge on any atom is 0.256 e. The number of amides is 1. The lowest BCUT2D eigenvalue weighted by atomic mass is 9.95. The molecule has 1 fully saturated rings. The van der Waals surface area contributed by atoms with Gasteiger partial charge in [0.25, 0.3) is 5.91 Å². The predicted molar refractivity (Wildman–Crippen MR) is 81.8 cm³/mol. The molecule has 5 heteroatoms. The van der Waals surface area contributed by atoms with Crippen molar-refractivity contribution in [1.82, 2.24) is 9.88 Å². The van der Waals surface area contributed by atoms with E-state index in [-0.39, 0.29) is 11.8 Å². The van der Waals surface area contributed by atoms with Crippen molar-refractivity contribution in [2.75, 3.05) is 18.8 Å². The number of hydrogen-bond acceptors (Lipinski definition) is 4. The van der Waals surface area contributed by atoms with E-state index in [2.05, 4.69) is 4.98 Å². The number of likely N-dealkylation sites (tertiary alicyclic amines) is 1. The average molecular weight is 285 g/mol. The molecule has 2 heterocycles. The highest BCUT2D eigenvalue weighted by atomic mass is 16.3. The van der Waals surface area contributed by atoms with E-state index >= 15 is 0 Å². The summed E-state index contributed by atoms with van der Waals surface area (Å²) < 4.78 is 0. The number of β-amino-alcohol motifs (C(OH)–C–C–N with tert-alkyl or cyclic N) is 1. The summed E-state index contributed by atoms with van der Waals surface area (Å²) in [5.41, 5.74) is 6.41. The summed E-state index contributed by atoms with van der Waals surface area (Å²) in [5.74, 6) is 0.564. The number of aromatic nitrogens is 1. The smallest absolute Gasteiger partial charge is 0.256 e. The van der Waals surface area contributed by atoms with E-state index in [9.17, 15) is 9.90 Å². The average Bonchev–Trinajstić information content (AvgIpc) is 2.50. The fourth-order valence-electron chi connectivity index (χ4n) is 2.79. The molecule has 0 saturated carbocycles. The maximum atomic E-state index is 12.7. The standard InChI is InChI=1S/C16H19N3O2/c1-10-6-7-19(9-14(10)20)16(21)13-8-18-15(17)12-5-3-2-4-11(12)13/h2-5,8,10,14,20H,6-7,9H2,1H3,(H2,17,18). The Bertz CT molecular complexity index is 686. The number of rotatable bonds is 1. The van der Waals surface area contributed by atoms with Crippen LogP contribution in [0.25, 0.3) is 10.8 Å². The maximum absolute atomic E-state index is 12.7. The molecule has 1 amide bonds. The van der Waals surface area contributed by atoms with Crippen LogP contribution in [0.4, 0.5) is 5.82 Å². The summed E-state index contributed by atoms with van der Waals surface area (Å²) in [4.78, 5) is 18.5. The lowest BCUT2D eigenvalue weighted by Gasteiger charge is -2.34. The van der Waals surface area contributed by atoms with E-state index in [4.69, 9.17) is 5.73 Å². The van der Waals surface area contributed by atoms with Crippen molar-refractivity contribution >= 4 is 22.5 Å². The number of carbonyl (C=O) groups excluding carboxylic acids is 1. The van der Waals surface area contributed by atoms with Gasteiger partial charge < -0.3 is 15.7 Å². The number of nitrogens with zero attached hydrogens (tertiary/aromatic N) is 2. The van der Waals surface area contributed by atoms with Crippen LogP contribution in [-0.4, -0.2) is 40.1 Å². The Kier molecular flexibility index (Phi) is 3.51. The third-order valence-corrected chi connectivity index (χ3v) is 4.26. The number of pyridine rings is 1. The van der Waals surface area contributed by atoms with Gasteiger partial charge in [-0.15, -0.1) is 0 Å². The second-order valence-corrected chi connectivity index (χ2v) is 5.69. The highest BCUT2D eigenvalue weighted by molar-refractivity contribution is 6.08. The van der Waals surface area contributed by atoms with Crippen LogP contribution >= 0.6 is 0 Å². The van der Waals surface area contributed by atoms with Gasteiger partial charge in [-0.05, 0) is 17.7 Å². The fraction of sp³-hybridized carbons (Fsp3) is 0.375. The molecule has 1 aromatic heterocycles. The van der Waals surface area contributed by atoms with Gasteiger partial charge in [0.2, 0.25) is 0 Å². The van der Waals surface area contributed by atoms with Crippen molar-refractivity contribution in [1.29, 1.82) is 0 Å². The molecular formula is C16H19N3O2. The molecule has 3 N–H and O–H groups in total. The number of aliphatic hydroxyl groups excluding tert-OH is 1. The van der Waals surface area contributed by atoms with Gasteiger partial charge >= 0.3 is 0 Å². The molecule has 2 aromatic rings. The topological polar surface area (TPSA) is 79.5 Å². The summed E-state index contributed by atoms with van der Waals surface area (Å²) >= 11 is 0. The minimum atomic E-state index is -0.462. The monoisotopic (exact) mass is 285 g/mol. The van der Waals surface area contributed by atoms with Gasteiger partial charge in [-0.2, -0.15) is 0 Å². The van der Waals surface area contributed by atoms with Crippen LogP contribution < -0.4 is 5.73 Å². The molecule has 2 unspecified atom stereocenters. The number of aliphatic hydroxyl groups is 1. The summed E-state index contributed by atoms with van der Waals surface area (Å²) in [5, 5.41) is 11.6. The molecule has 0 aliphatic carbocycles. The Morgan fingerprint density at radius 1 is 1.38 bits per heavy atom. The molecule has 1 aliphatic rings. The number of benzene rings is 1. The minimum Gasteiger partial charge on any atom is -0.391 e. The van der Waals surface area contributed by atoms with Gasteiger partial charge in [0.1, 0.15) is 5.82 Å². The first kappa shape index (κ1) is 13.8. The SMILES string of the molecule is CC1CCN(C(=O)c2cnc(N)c3ccccc23)CC1O. The Hall–Kier alpha value is -2.14. The highest BCUT2D eigenvalue weighted by Crippen LogP contribution is 2.25. The number of nitrogen functional groups attached to an aromatic ring is 1. The predicted octanol–water partition coefficient (Wildman–Crippen LogP) is 1.66. The first-order valence-corrected chi connectivity index (χ1v) is 7.18. The van der Waals surface area contributed by atoms with E-state index < -0.39 is 6.10 Å². The van der Waals surface area contributed by atoms with Crippen molar-refractivity contribution in [3.05, 3.63) is 36.0 Å². The first-order chi connectivity index (χ1) is 10.1. The Morgan fingerprint density at radius 2 is 2.10 bits per heavy atom. The Balaban J connectivity index is 1.97. The second-order valence-electron chi connectivity index (χ2n) is 5.69. The molecule has 2 atom stereocenters. The Labute approximate surface area is 123 Å². The van der Waals surface area contributed by atoms with Gasteiger partial charge in [0.05, 0.1) is 11.7 Å². The van der Waals surface area contributed by atoms with Gasteiger partial charge in [-0.3, -0.25) is 4.79 Å². The summed E-state index contributed by atoms with van der Waals surface area (Å²) in [7, 11) is 0. The minimum absolute atomic E-state index is 0.0929.